The van der Waals surface area contributed by atoms with Gasteiger partial charge in [-0.1, -0.05) is 0 Å². The molecule has 5 heteroatoms. The molecule has 1 saturated heterocycles. The van der Waals surface area contributed by atoms with Crippen molar-refractivity contribution in [2.45, 2.75) is 19.8 Å². The number of carbonyl (C=O) groups is 1. The first-order chi connectivity index (χ1) is 6.10. The maximum atomic E-state index is 11.4. The first kappa shape index (κ1) is 10.7. The largest absolute Gasteiger partial charge is 0.303 e. The third kappa shape index (κ3) is 2.51. The fourth-order valence-corrected chi connectivity index (χ4v) is 2.60. The van der Waals surface area contributed by atoms with Crippen LogP contribution in [-0.4, -0.2) is 37.9 Å². The Labute approximate surface area is 79.0 Å². The van der Waals surface area contributed by atoms with Crippen molar-refractivity contribution in [2.75, 3.05) is 18.8 Å². The van der Waals surface area contributed by atoms with Gasteiger partial charge in [-0.2, -0.15) is 0 Å². The lowest BCUT2D eigenvalue weighted by molar-refractivity contribution is -0.112. The van der Waals surface area contributed by atoms with Crippen molar-refractivity contribution in [3.8, 4) is 0 Å². The van der Waals surface area contributed by atoms with Crippen molar-refractivity contribution in [2.24, 2.45) is 5.92 Å². The minimum Gasteiger partial charge on any atom is -0.303 e. The van der Waals surface area contributed by atoms with E-state index >= 15 is 0 Å². The maximum Gasteiger partial charge on any atom is 0.213 e. The SMILES string of the molecule is CCS(=O)(=O)N1CCC(C=O)CC1. The zero-order valence-corrected chi connectivity index (χ0v) is 8.59. The number of piperidine rings is 1. The summed E-state index contributed by atoms with van der Waals surface area (Å²) in [5.41, 5.74) is 0. The monoisotopic (exact) mass is 205 g/mol. The van der Waals surface area contributed by atoms with Gasteiger partial charge < -0.3 is 4.79 Å². The van der Waals surface area contributed by atoms with Gasteiger partial charge in [0.25, 0.3) is 0 Å². The van der Waals surface area contributed by atoms with Gasteiger partial charge in [0.15, 0.2) is 0 Å². The van der Waals surface area contributed by atoms with E-state index in [2.05, 4.69) is 0 Å². The maximum absolute atomic E-state index is 11.4. The summed E-state index contributed by atoms with van der Waals surface area (Å²) in [6.07, 6.45) is 2.27. The predicted octanol–water partition coefficient (Wildman–Crippen LogP) is 0.247. The second kappa shape index (κ2) is 4.19. The minimum atomic E-state index is -3.04. The average molecular weight is 205 g/mol. The van der Waals surface area contributed by atoms with Gasteiger partial charge in [-0.05, 0) is 19.8 Å². The van der Waals surface area contributed by atoms with E-state index < -0.39 is 10.0 Å². The topological polar surface area (TPSA) is 54.5 Å². The Hall–Kier alpha value is -0.420. The normalized spacial score (nSPS) is 21.6. The number of sulfonamides is 1. The Kier molecular flexibility index (Phi) is 3.44. The van der Waals surface area contributed by atoms with Crippen molar-refractivity contribution >= 4 is 16.3 Å². The molecule has 0 aromatic rings. The summed E-state index contributed by atoms with van der Waals surface area (Å²) in [5, 5.41) is 0. The summed E-state index contributed by atoms with van der Waals surface area (Å²) in [6, 6.07) is 0. The van der Waals surface area contributed by atoms with Gasteiger partial charge >= 0.3 is 0 Å². The Morgan fingerprint density at radius 2 is 1.92 bits per heavy atom. The van der Waals surface area contributed by atoms with E-state index in [0.29, 0.717) is 25.9 Å². The van der Waals surface area contributed by atoms with E-state index in [4.69, 9.17) is 0 Å². The Morgan fingerprint density at radius 3 is 2.31 bits per heavy atom. The smallest absolute Gasteiger partial charge is 0.213 e. The fourth-order valence-electron chi connectivity index (χ4n) is 1.47. The van der Waals surface area contributed by atoms with E-state index in [1.807, 2.05) is 0 Å². The molecule has 1 aliphatic heterocycles. The van der Waals surface area contributed by atoms with Crippen molar-refractivity contribution in [3.63, 3.8) is 0 Å². The predicted molar refractivity (Wildman–Crippen MR) is 49.8 cm³/mol. The second-order valence-electron chi connectivity index (χ2n) is 3.27. The van der Waals surface area contributed by atoms with Crippen LogP contribution in [0.25, 0.3) is 0 Å². The van der Waals surface area contributed by atoms with Gasteiger partial charge in [-0.25, -0.2) is 12.7 Å². The number of carbonyl (C=O) groups excluding carboxylic acids is 1. The summed E-state index contributed by atoms with van der Waals surface area (Å²) in [6.45, 7) is 2.64. The lowest BCUT2D eigenvalue weighted by atomic mass is 10.0. The molecular weight excluding hydrogens is 190 g/mol. The van der Waals surface area contributed by atoms with Crippen LogP contribution >= 0.6 is 0 Å². The van der Waals surface area contributed by atoms with E-state index in [-0.39, 0.29) is 11.7 Å². The van der Waals surface area contributed by atoms with Crippen LogP contribution in [0, 0.1) is 5.92 Å². The van der Waals surface area contributed by atoms with Gasteiger partial charge in [-0.15, -0.1) is 0 Å². The summed E-state index contributed by atoms with van der Waals surface area (Å²) in [4.78, 5) is 10.4. The van der Waals surface area contributed by atoms with Crippen LogP contribution in [0.15, 0.2) is 0 Å². The van der Waals surface area contributed by atoms with Crippen molar-refractivity contribution < 1.29 is 13.2 Å². The molecule has 1 aliphatic rings. The summed E-state index contributed by atoms with van der Waals surface area (Å²) >= 11 is 0. The van der Waals surface area contributed by atoms with Crippen LogP contribution in [0.4, 0.5) is 0 Å². The Balaban J connectivity index is 2.55. The van der Waals surface area contributed by atoms with E-state index in [0.717, 1.165) is 6.29 Å². The molecule has 1 fully saturated rings. The summed E-state index contributed by atoms with van der Waals surface area (Å²) in [5.74, 6) is 0.210. The van der Waals surface area contributed by atoms with Gasteiger partial charge in [0.05, 0.1) is 5.75 Å². The molecule has 0 aromatic carbocycles. The first-order valence-corrected chi connectivity index (χ1v) is 6.14. The minimum absolute atomic E-state index is 0.0586. The van der Waals surface area contributed by atoms with E-state index in [9.17, 15) is 13.2 Å². The molecule has 0 amide bonds. The highest BCUT2D eigenvalue weighted by molar-refractivity contribution is 7.89. The van der Waals surface area contributed by atoms with Crippen LogP contribution in [-0.2, 0) is 14.8 Å². The zero-order chi connectivity index (χ0) is 9.90. The lowest BCUT2D eigenvalue weighted by Gasteiger charge is -2.28. The Morgan fingerprint density at radius 1 is 1.38 bits per heavy atom. The number of nitrogens with zero attached hydrogens (tertiary/aromatic N) is 1. The molecular formula is C8H15NO3S. The van der Waals surface area contributed by atoms with Crippen molar-refractivity contribution in [1.29, 1.82) is 0 Å². The average Bonchev–Trinajstić information content (AvgIpc) is 2.18. The molecule has 0 N–H and O–H groups in total. The number of rotatable bonds is 3. The summed E-state index contributed by atoms with van der Waals surface area (Å²) in [7, 11) is -3.04. The molecule has 4 nitrogen and oxygen atoms in total. The zero-order valence-electron chi connectivity index (χ0n) is 7.77. The number of aldehydes is 1. The number of hydrogen-bond acceptors (Lipinski definition) is 3. The number of hydrogen-bond donors (Lipinski definition) is 0. The lowest BCUT2D eigenvalue weighted by Crippen LogP contribution is -2.39. The van der Waals surface area contributed by atoms with E-state index in [1.165, 1.54) is 4.31 Å². The third-order valence-electron chi connectivity index (χ3n) is 2.45. The second-order valence-corrected chi connectivity index (χ2v) is 5.53. The van der Waals surface area contributed by atoms with E-state index in [1.54, 1.807) is 6.92 Å². The molecule has 1 rings (SSSR count). The van der Waals surface area contributed by atoms with Crippen molar-refractivity contribution in [3.05, 3.63) is 0 Å². The van der Waals surface area contributed by atoms with Gasteiger partial charge in [-0.3, -0.25) is 0 Å². The van der Waals surface area contributed by atoms with Crippen LogP contribution in [0.2, 0.25) is 0 Å². The van der Waals surface area contributed by atoms with Crippen LogP contribution in [0.1, 0.15) is 19.8 Å². The van der Waals surface area contributed by atoms with Crippen LogP contribution in [0.3, 0.4) is 0 Å². The first-order valence-electron chi connectivity index (χ1n) is 4.53. The highest BCUT2D eigenvalue weighted by Crippen LogP contribution is 2.17. The molecule has 0 atom stereocenters. The molecule has 0 aliphatic carbocycles. The molecule has 1 heterocycles. The fraction of sp³-hybridized carbons (Fsp3) is 0.875. The Bertz CT molecular complexity index is 265. The van der Waals surface area contributed by atoms with Crippen LogP contribution in [0.5, 0.6) is 0 Å². The molecule has 0 saturated carbocycles. The molecule has 0 radical (unpaired) electrons. The molecule has 0 aromatic heterocycles. The highest BCUT2D eigenvalue weighted by atomic mass is 32.2. The quantitative estimate of drug-likeness (QED) is 0.620. The standard InChI is InChI=1S/C8H15NO3S/c1-2-13(11,12)9-5-3-8(7-10)4-6-9/h7-8H,2-6H2,1H3. The highest BCUT2D eigenvalue weighted by Gasteiger charge is 2.25. The molecule has 76 valence electrons. The molecule has 0 unspecified atom stereocenters. The van der Waals surface area contributed by atoms with Crippen LogP contribution < -0.4 is 0 Å². The van der Waals surface area contributed by atoms with Gasteiger partial charge in [0, 0.05) is 19.0 Å². The van der Waals surface area contributed by atoms with Gasteiger partial charge in [0.1, 0.15) is 6.29 Å². The molecule has 0 bridgehead atoms. The summed E-state index contributed by atoms with van der Waals surface area (Å²) < 4.78 is 24.3. The molecule has 13 heavy (non-hydrogen) atoms. The van der Waals surface area contributed by atoms with Gasteiger partial charge in [0.2, 0.25) is 10.0 Å². The third-order valence-corrected chi connectivity index (χ3v) is 4.33. The molecule has 0 spiro atoms. The van der Waals surface area contributed by atoms with Crippen molar-refractivity contribution in [1.82, 2.24) is 4.31 Å².